The van der Waals surface area contributed by atoms with Crippen molar-refractivity contribution in [1.29, 1.82) is 0 Å². The van der Waals surface area contributed by atoms with E-state index in [2.05, 4.69) is 10.3 Å². The predicted molar refractivity (Wildman–Crippen MR) is 69.6 cm³/mol. The number of anilines is 1. The van der Waals surface area contributed by atoms with Crippen LogP contribution in [0, 0.1) is 17.0 Å². The highest BCUT2D eigenvalue weighted by atomic mass is 32.2. The second kappa shape index (κ2) is 5.35. The Morgan fingerprint density at radius 3 is 3.12 bits per heavy atom. The molecular formula is C11H15N3O2S. The van der Waals surface area contributed by atoms with E-state index in [0.29, 0.717) is 5.25 Å². The number of rotatable bonds is 4. The Morgan fingerprint density at radius 2 is 2.53 bits per heavy atom. The summed E-state index contributed by atoms with van der Waals surface area (Å²) >= 11 is 1.98. The van der Waals surface area contributed by atoms with Gasteiger partial charge >= 0.3 is 0 Å². The maximum absolute atomic E-state index is 10.6. The Labute approximate surface area is 104 Å². The van der Waals surface area contributed by atoms with Gasteiger partial charge in [-0.25, -0.2) is 4.98 Å². The fourth-order valence-electron chi connectivity index (χ4n) is 1.86. The van der Waals surface area contributed by atoms with Gasteiger partial charge in [0.15, 0.2) is 0 Å². The lowest BCUT2D eigenvalue weighted by Gasteiger charge is -2.12. The molecule has 1 aromatic rings. The van der Waals surface area contributed by atoms with E-state index in [1.165, 1.54) is 24.8 Å². The van der Waals surface area contributed by atoms with Gasteiger partial charge in [0, 0.05) is 17.9 Å². The summed E-state index contributed by atoms with van der Waals surface area (Å²) < 4.78 is 0. The summed E-state index contributed by atoms with van der Waals surface area (Å²) in [4.78, 5) is 14.3. The van der Waals surface area contributed by atoms with E-state index in [-0.39, 0.29) is 5.69 Å². The van der Waals surface area contributed by atoms with Crippen molar-refractivity contribution in [2.45, 2.75) is 25.0 Å². The highest BCUT2D eigenvalue weighted by molar-refractivity contribution is 8.00. The molecule has 0 spiro atoms. The van der Waals surface area contributed by atoms with E-state index < -0.39 is 4.92 Å². The first-order valence-electron chi connectivity index (χ1n) is 5.63. The molecular weight excluding hydrogens is 238 g/mol. The maximum Gasteiger partial charge on any atom is 0.287 e. The van der Waals surface area contributed by atoms with Crippen molar-refractivity contribution in [3.8, 4) is 0 Å². The van der Waals surface area contributed by atoms with Crippen LogP contribution in [0.1, 0.15) is 18.4 Å². The number of nitrogens with one attached hydrogen (secondary N) is 1. The lowest BCUT2D eigenvalue weighted by atomic mass is 10.2. The molecule has 1 aromatic heterocycles. The normalized spacial score (nSPS) is 19.2. The number of nitrogens with zero attached hydrogens (tertiary/aromatic N) is 2. The Hall–Kier alpha value is -1.30. The summed E-state index contributed by atoms with van der Waals surface area (Å²) in [6.45, 7) is 2.72. The van der Waals surface area contributed by atoms with Crippen LogP contribution in [0.5, 0.6) is 0 Å². The summed E-state index contributed by atoms with van der Waals surface area (Å²) in [5, 5.41) is 14.5. The molecule has 1 saturated heterocycles. The minimum Gasteiger partial charge on any atom is -0.369 e. The molecule has 1 N–H and O–H groups in total. The highest BCUT2D eigenvalue weighted by Crippen LogP contribution is 2.26. The van der Waals surface area contributed by atoms with Crippen LogP contribution in [0.15, 0.2) is 12.3 Å². The van der Waals surface area contributed by atoms with Gasteiger partial charge in [0.1, 0.15) is 12.0 Å². The molecule has 1 aliphatic heterocycles. The van der Waals surface area contributed by atoms with Crippen molar-refractivity contribution < 1.29 is 4.92 Å². The Morgan fingerprint density at radius 1 is 1.71 bits per heavy atom. The molecule has 1 unspecified atom stereocenters. The molecule has 0 amide bonds. The molecule has 0 aliphatic carbocycles. The molecule has 0 bridgehead atoms. The molecule has 0 radical (unpaired) electrons. The third kappa shape index (κ3) is 3.09. The summed E-state index contributed by atoms with van der Waals surface area (Å²) in [6.07, 6.45) is 3.82. The average molecular weight is 253 g/mol. The maximum atomic E-state index is 10.6. The zero-order chi connectivity index (χ0) is 12.3. The van der Waals surface area contributed by atoms with Gasteiger partial charge in [0.25, 0.3) is 5.69 Å². The third-order valence-corrected chi connectivity index (χ3v) is 4.19. The van der Waals surface area contributed by atoms with Crippen LogP contribution in [0.25, 0.3) is 0 Å². The summed E-state index contributed by atoms with van der Waals surface area (Å²) in [5.74, 6) is 1.99. The Kier molecular flexibility index (Phi) is 3.83. The quantitative estimate of drug-likeness (QED) is 0.660. The number of hydrogen-bond donors (Lipinski definition) is 1. The van der Waals surface area contributed by atoms with Gasteiger partial charge in [-0.1, -0.05) is 0 Å². The van der Waals surface area contributed by atoms with E-state index in [1.807, 2.05) is 18.7 Å². The number of aryl methyl sites for hydroxylation is 1. The van der Waals surface area contributed by atoms with Gasteiger partial charge in [0.2, 0.25) is 0 Å². The minimum atomic E-state index is -0.420. The van der Waals surface area contributed by atoms with Crippen molar-refractivity contribution in [2.24, 2.45) is 0 Å². The van der Waals surface area contributed by atoms with Crippen LogP contribution in [0.2, 0.25) is 0 Å². The number of thioether (sulfide) groups is 1. The molecule has 0 saturated carbocycles. The van der Waals surface area contributed by atoms with Crippen LogP contribution in [0.3, 0.4) is 0 Å². The molecule has 2 rings (SSSR count). The van der Waals surface area contributed by atoms with Crippen molar-refractivity contribution in [2.75, 3.05) is 17.6 Å². The second-order valence-corrected chi connectivity index (χ2v) is 5.54. The number of hydrogen-bond acceptors (Lipinski definition) is 5. The second-order valence-electron chi connectivity index (χ2n) is 4.13. The first kappa shape index (κ1) is 12.2. The fourth-order valence-corrected chi connectivity index (χ4v) is 3.06. The van der Waals surface area contributed by atoms with Crippen LogP contribution in [-0.2, 0) is 0 Å². The summed E-state index contributed by atoms with van der Waals surface area (Å²) in [6, 6.07) is 1.55. The molecule has 0 aromatic carbocycles. The lowest BCUT2D eigenvalue weighted by Crippen LogP contribution is -2.15. The van der Waals surface area contributed by atoms with Crippen LogP contribution < -0.4 is 5.32 Å². The lowest BCUT2D eigenvalue weighted by molar-refractivity contribution is -0.385. The molecule has 5 nitrogen and oxygen atoms in total. The number of aromatic nitrogens is 1. The van der Waals surface area contributed by atoms with E-state index in [1.54, 1.807) is 6.07 Å². The molecule has 1 atom stereocenters. The van der Waals surface area contributed by atoms with E-state index in [9.17, 15) is 10.1 Å². The molecule has 1 aliphatic rings. The van der Waals surface area contributed by atoms with E-state index in [0.717, 1.165) is 17.9 Å². The Bertz CT molecular complexity index is 419. The van der Waals surface area contributed by atoms with Crippen molar-refractivity contribution in [3.05, 3.63) is 27.9 Å². The van der Waals surface area contributed by atoms with Crippen LogP contribution >= 0.6 is 11.8 Å². The predicted octanol–water partition coefficient (Wildman–Crippen LogP) is 2.61. The van der Waals surface area contributed by atoms with Crippen molar-refractivity contribution >= 4 is 23.3 Å². The average Bonchev–Trinajstić information content (AvgIpc) is 2.80. The first-order chi connectivity index (χ1) is 8.16. The SMILES string of the molecule is Cc1cc([N+](=O)[O-])cnc1NCC1CCCS1. The fraction of sp³-hybridized carbons (Fsp3) is 0.545. The van der Waals surface area contributed by atoms with Gasteiger partial charge < -0.3 is 5.32 Å². The Balaban J connectivity index is 1.98. The standard InChI is InChI=1S/C11H15N3O2S/c1-8-5-9(14(15)16)6-12-11(8)13-7-10-3-2-4-17-10/h5-6,10H,2-4,7H2,1H3,(H,12,13). The van der Waals surface area contributed by atoms with Gasteiger partial charge in [-0.05, 0) is 31.1 Å². The summed E-state index contributed by atoms with van der Waals surface area (Å²) in [5.41, 5.74) is 0.866. The van der Waals surface area contributed by atoms with Gasteiger partial charge in [0.05, 0.1) is 4.92 Å². The zero-order valence-electron chi connectivity index (χ0n) is 9.68. The molecule has 92 valence electrons. The minimum absolute atomic E-state index is 0.0447. The third-order valence-electron chi connectivity index (χ3n) is 2.80. The van der Waals surface area contributed by atoms with E-state index in [4.69, 9.17) is 0 Å². The molecule has 1 fully saturated rings. The molecule has 6 heteroatoms. The number of pyridine rings is 1. The summed E-state index contributed by atoms with van der Waals surface area (Å²) in [7, 11) is 0. The number of nitro groups is 1. The topological polar surface area (TPSA) is 68.1 Å². The van der Waals surface area contributed by atoms with Gasteiger partial charge in [-0.2, -0.15) is 11.8 Å². The largest absolute Gasteiger partial charge is 0.369 e. The van der Waals surface area contributed by atoms with Gasteiger partial charge in [-0.15, -0.1) is 0 Å². The molecule has 2 heterocycles. The van der Waals surface area contributed by atoms with Crippen molar-refractivity contribution in [1.82, 2.24) is 4.98 Å². The molecule has 17 heavy (non-hydrogen) atoms. The highest BCUT2D eigenvalue weighted by Gasteiger charge is 2.16. The van der Waals surface area contributed by atoms with Crippen LogP contribution in [-0.4, -0.2) is 27.5 Å². The van der Waals surface area contributed by atoms with Gasteiger partial charge in [-0.3, -0.25) is 10.1 Å². The smallest absolute Gasteiger partial charge is 0.287 e. The zero-order valence-corrected chi connectivity index (χ0v) is 10.5. The van der Waals surface area contributed by atoms with Crippen LogP contribution in [0.4, 0.5) is 11.5 Å². The van der Waals surface area contributed by atoms with E-state index >= 15 is 0 Å². The van der Waals surface area contributed by atoms with Crippen molar-refractivity contribution in [3.63, 3.8) is 0 Å². The first-order valence-corrected chi connectivity index (χ1v) is 6.68. The monoisotopic (exact) mass is 253 g/mol.